The molecular weight excluding hydrogens is 202 g/mol. The monoisotopic (exact) mass is 221 g/mol. The highest BCUT2D eigenvalue weighted by molar-refractivity contribution is 5.79. The van der Waals surface area contributed by atoms with Gasteiger partial charge in [0.1, 0.15) is 5.82 Å². The average molecular weight is 221 g/mol. The van der Waals surface area contributed by atoms with Gasteiger partial charge in [-0.3, -0.25) is 4.79 Å². The summed E-state index contributed by atoms with van der Waals surface area (Å²) in [6, 6.07) is 0. The third-order valence-corrected chi connectivity index (χ3v) is 3.41. The summed E-state index contributed by atoms with van der Waals surface area (Å²) >= 11 is 0. The van der Waals surface area contributed by atoms with E-state index in [0.717, 1.165) is 18.7 Å². The van der Waals surface area contributed by atoms with Crippen LogP contribution < -0.4 is 5.32 Å². The van der Waals surface area contributed by atoms with Crippen LogP contribution in [0, 0.1) is 11.8 Å². The van der Waals surface area contributed by atoms with Crippen molar-refractivity contribution >= 4 is 5.91 Å². The summed E-state index contributed by atoms with van der Waals surface area (Å²) in [6.45, 7) is 2.85. The molecule has 0 bridgehead atoms. The molecule has 0 radical (unpaired) electrons. The van der Waals surface area contributed by atoms with Crippen LogP contribution in [0.4, 0.5) is 0 Å². The number of aromatic amines is 1. The molecule has 0 spiro atoms. The SMILES string of the molecule is CC1CCCC1C(=O)NCCc1ncc[nH]1. The van der Waals surface area contributed by atoms with Crippen molar-refractivity contribution in [2.45, 2.75) is 32.6 Å². The minimum absolute atomic E-state index is 0.219. The van der Waals surface area contributed by atoms with Crippen molar-refractivity contribution in [2.75, 3.05) is 6.54 Å². The highest BCUT2D eigenvalue weighted by Gasteiger charge is 2.29. The number of imidazole rings is 1. The molecule has 4 heteroatoms. The summed E-state index contributed by atoms with van der Waals surface area (Å²) in [5.41, 5.74) is 0. The predicted octanol–water partition coefficient (Wildman–Crippen LogP) is 1.50. The second-order valence-corrected chi connectivity index (χ2v) is 4.59. The number of hydrogen-bond acceptors (Lipinski definition) is 2. The normalized spacial score (nSPS) is 24.6. The van der Waals surface area contributed by atoms with Gasteiger partial charge in [0.15, 0.2) is 0 Å². The van der Waals surface area contributed by atoms with E-state index in [0.29, 0.717) is 12.5 Å². The van der Waals surface area contributed by atoms with Gasteiger partial charge in [-0.25, -0.2) is 4.98 Å². The van der Waals surface area contributed by atoms with E-state index in [9.17, 15) is 4.79 Å². The maximum Gasteiger partial charge on any atom is 0.223 e. The number of amides is 1. The summed E-state index contributed by atoms with van der Waals surface area (Å²) in [6.07, 6.45) is 7.74. The van der Waals surface area contributed by atoms with Crippen LogP contribution in [0.3, 0.4) is 0 Å². The van der Waals surface area contributed by atoms with Gasteiger partial charge < -0.3 is 10.3 Å². The molecule has 1 aromatic heterocycles. The van der Waals surface area contributed by atoms with Crippen molar-refractivity contribution < 1.29 is 4.79 Å². The molecule has 16 heavy (non-hydrogen) atoms. The average Bonchev–Trinajstić information content (AvgIpc) is 2.88. The lowest BCUT2D eigenvalue weighted by atomic mass is 9.97. The van der Waals surface area contributed by atoms with Gasteiger partial charge in [0.25, 0.3) is 0 Å². The highest BCUT2D eigenvalue weighted by Crippen LogP contribution is 2.30. The molecule has 0 aromatic carbocycles. The number of carbonyl (C=O) groups excluding carboxylic acids is 1. The molecule has 0 saturated heterocycles. The van der Waals surface area contributed by atoms with E-state index in [4.69, 9.17) is 0 Å². The van der Waals surface area contributed by atoms with Crippen LogP contribution in [0.5, 0.6) is 0 Å². The van der Waals surface area contributed by atoms with Crippen molar-refractivity contribution in [1.82, 2.24) is 15.3 Å². The van der Waals surface area contributed by atoms with E-state index in [-0.39, 0.29) is 11.8 Å². The molecule has 2 unspecified atom stereocenters. The zero-order valence-corrected chi connectivity index (χ0v) is 9.70. The Morgan fingerprint density at radius 2 is 2.50 bits per heavy atom. The molecule has 1 aliphatic carbocycles. The Kier molecular flexibility index (Phi) is 3.59. The maximum atomic E-state index is 11.8. The van der Waals surface area contributed by atoms with Crippen LogP contribution in [0.15, 0.2) is 12.4 Å². The molecule has 0 aliphatic heterocycles. The van der Waals surface area contributed by atoms with Gasteiger partial charge in [0, 0.05) is 31.3 Å². The Morgan fingerprint density at radius 1 is 1.62 bits per heavy atom. The van der Waals surface area contributed by atoms with Gasteiger partial charge in [-0.05, 0) is 18.8 Å². The Balaban J connectivity index is 1.71. The Labute approximate surface area is 95.9 Å². The number of nitrogens with one attached hydrogen (secondary N) is 2. The molecule has 88 valence electrons. The van der Waals surface area contributed by atoms with Gasteiger partial charge in [-0.2, -0.15) is 0 Å². The Hall–Kier alpha value is -1.32. The molecule has 2 N–H and O–H groups in total. The summed E-state index contributed by atoms with van der Waals surface area (Å²) in [7, 11) is 0. The highest BCUT2D eigenvalue weighted by atomic mass is 16.1. The second-order valence-electron chi connectivity index (χ2n) is 4.59. The first-order chi connectivity index (χ1) is 7.77. The first-order valence-corrected chi connectivity index (χ1v) is 6.03. The second kappa shape index (κ2) is 5.14. The quantitative estimate of drug-likeness (QED) is 0.809. The fraction of sp³-hybridized carbons (Fsp3) is 0.667. The zero-order chi connectivity index (χ0) is 11.4. The third-order valence-electron chi connectivity index (χ3n) is 3.41. The van der Waals surface area contributed by atoms with E-state index >= 15 is 0 Å². The fourth-order valence-electron chi connectivity index (χ4n) is 2.40. The predicted molar refractivity (Wildman–Crippen MR) is 61.8 cm³/mol. The van der Waals surface area contributed by atoms with E-state index in [1.807, 2.05) is 0 Å². The zero-order valence-electron chi connectivity index (χ0n) is 9.70. The Bertz CT molecular complexity index is 334. The van der Waals surface area contributed by atoms with Crippen molar-refractivity contribution in [1.29, 1.82) is 0 Å². The summed E-state index contributed by atoms with van der Waals surface area (Å²) in [5, 5.41) is 2.99. The number of rotatable bonds is 4. The lowest BCUT2D eigenvalue weighted by Gasteiger charge is -2.14. The molecule has 1 amide bonds. The molecule has 1 aliphatic rings. The van der Waals surface area contributed by atoms with E-state index in [1.54, 1.807) is 12.4 Å². The number of nitrogens with zero attached hydrogens (tertiary/aromatic N) is 1. The molecule has 2 rings (SSSR count). The smallest absolute Gasteiger partial charge is 0.223 e. The van der Waals surface area contributed by atoms with Crippen molar-refractivity contribution in [3.63, 3.8) is 0 Å². The van der Waals surface area contributed by atoms with Gasteiger partial charge in [-0.15, -0.1) is 0 Å². The van der Waals surface area contributed by atoms with E-state index in [2.05, 4.69) is 22.2 Å². The summed E-state index contributed by atoms with van der Waals surface area (Å²) < 4.78 is 0. The van der Waals surface area contributed by atoms with Crippen molar-refractivity contribution in [3.8, 4) is 0 Å². The van der Waals surface area contributed by atoms with Crippen molar-refractivity contribution in [3.05, 3.63) is 18.2 Å². The number of carbonyl (C=O) groups is 1. The molecule has 2 atom stereocenters. The van der Waals surface area contributed by atoms with Crippen LogP contribution in [-0.4, -0.2) is 22.4 Å². The van der Waals surface area contributed by atoms with Crippen molar-refractivity contribution in [2.24, 2.45) is 11.8 Å². The van der Waals surface area contributed by atoms with Gasteiger partial charge >= 0.3 is 0 Å². The fourth-order valence-corrected chi connectivity index (χ4v) is 2.40. The molecular formula is C12H19N3O. The van der Waals surface area contributed by atoms with E-state index in [1.165, 1.54) is 12.8 Å². The third kappa shape index (κ3) is 2.62. The van der Waals surface area contributed by atoms with Crippen LogP contribution in [0.25, 0.3) is 0 Å². The Morgan fingerprint density at radius 3 is 3.12 bits per heavy atom. The molecule has 1 aromatic rings. The van der Waals surface area contributed by atoms with Gasteiger partial charge in [0.2, 0.25) is 5.91 Å². The maximum absolute atomic E-state index is 11.8. The molecule has 1 fully saturated rings. The number of aromatic nitrogens is 2. The largest absolute Gasteiger partial charge is 0.355 e. The minimum Gasteiger partial charge on any atom is -0.355 e. The lowest BCUT2D eigenvalue weighted by molar-refractivity contribution is -0.125. The van der Waals surface area contributed by atoms with Gasteiger partial charge in [0.05, 0.1) is 0 Å². The van der Waals surface area contributed by atoms with Crippen LogP contribution in [0.1, 0.15) is 32.0 Å². The summed E-state index contributed by atoms with van der Waals surface area (Å²) in [4.78, 5) is 19.0. The summed E-state index contributed by atoms with van der Waals surface area (Å²) in [5.74, 6) is 1.93. The van der Waals surface area contributed by atoms with Crippen LogP contribution >= 0.6 is 0 Å². The topological polar surface area (TPSA) is 57.8 Å². The van der Waals surface area contributed by atoms with Crippen LogP contribution in [0.2, 0.25) is 0 Å². The number of H-pyrrole nitrogens is 1. The molecule has 1 saturated carbocycles. The minimum atomic E-state index is 0.219. The number of hydrogen-bond donors (Lipinski definition) is 2. The van der Waals surface area contributed by atoms with Gasteiger partial charge in [-0.1, -0.05) is 13.3 Å². The first-order valence-electron chi connectivity index (χ1n) is 6.03. The molecule has 4 nitrogen and oxygen atoms in total. The first kappa shape index (κ1) is 11.2. The van der Waals surface area contributed by atoms with E-state index < -0.39 is 0 Å². The molecule has 1 heterocycles. The lowest BCUT2D eigenvalue weighted by Crippen LogP contribution is -2.33. The standard InChI is InChI=1S/C12H19N3O/c1-9-3-2-4-10(9)12(16)15-6-5-11-13-7-8-14-11/h7-10H,2-6H2,1H3,(H,13,14)(H,15,16). The van der Waals surface area contributed by atoms with Crippen LogP contribution in [-0.2, 0) is 11.2 Å².